The Morgan fingerprint density at radius 3 is 2.20 bits per heavy atom. The third-order valence-electron chi connectivity index (χ3n) is 11.1. The van der Waals surface area contributed by atoms with Crippen molar-refractivity contribution in [2.45, 2.75) is 143 Å². The smallest absolute Gasteiger partial charge is 0.289 e. The first kappa shape index (κ1) is 39.9. The molecule has 3 aliphatic rings. The largest absolute Gasteiger partial charge is 0.347 e. The summed E-state index contributed by atoms with van der Waals surface area (Å²) in [7, 11) is 0. The molecule has 0 unspecified atom stereocenters. The molecule has 3 fully saturated rings. The Labute approximate surface area is 302 Å². The fourth-order valence-corrected chi connectivity index (χ4v) is 7.83. The summed E-state index contributed by atoms with van der Waals surface area (Å²) in [5, 5.41) is 11.5. The van der Waals surface area contributed by atoms with E-state index in [2.05, 4.69) is 31.2 Å². The molecule has 13 heteroatoms. The van der Waals surface area contributed by atoms with Crippen molar-refractivity contribution in [2.24, 2.45) is 29.1 Å². The van der Waals surface area contributed by atoms with Crippen molar-refractivity contribution in [2.75, 3.05) is 6.54 Å². The van der Waals surface area contributed by atoms with Gasteiger partial charge in [-0.25, -0.2) is 4.98 Å². The number of likely N-dealkylation sites (tertiary alicyclic amines) is 1. The van der Waals surface area contributed by atoms with Gasteiger partial charge in [0.1, 0.15) is 23.8 Å². The average molecular weight is 710 g/mol. The molecule has 2 saturated carbocycles. The van der Waals surface area contributed by atoms with Crippen molar-refractivity contribution in [3.63, 3.8) is 0 Å². The van der Waals surface area contributed by atoms with Crippen LogP contribution >= 0.6 is 0 Å². The van der Waals surface area contributed by atoms with E-state index in [1.165, 1.54) is 18.6 Å². The zero-order valence-electron chi connectivity index (χ0n) is 31.5. The minimum Gasteiger partial charge on any atom is -0.347 e. The Kier molecular flexibility index (Phi) is 13.7. The van der Waals surface area contributed by atoms with Crippen molar-refractivity contribution in [3.8, 4) is 0 Å². The van der Waals surface area contributed by atoms with E-state index in [9.17, 15) is 28.8 Å². The second-order valence-electron chi connectivity index (χ2n) is 16.3. The molecule has 0 bridgehead atoms. The highest BCUT2D eigenvalue weighted by Gasteiger charge is 2.52. The van der Waals surface area contributed by atoms with Gasteiger partial charge in [-0.1, -0.05) is 73.6 Å². The van der Waals surface area contributed by atoms with Gasteiger partial charge in [0.05, 0.1) is 12.2 Å². The predicted molar refractivity (Wildman–Crippen MR) is 192 cm³/mol. The first-order chi connectivity index (χ1) is 24.1. The number of ketones is 1. The summed E-state index contributed by atoms with van der Waals surface area (Å²) in [5.74, 6) is -3.22. The number of hydrogen-bond donors (Lipinski definition) is 4. The Morgan fingerprint density at radius 2 is 1.59 bits per heavy atom. The van der Waals surface area contributed by atoms with Crippen molar-refractivity contribution in [1.29, 1.82) is 0 Å². The van der Waals surface area contributed by atoms with E-state index in [1.807, 2.05) is 48.5 Å². The number of aromatic nitrogens is 2. The molecule has 7 atom stereocenters. The molecule has 5 amide bonds. The van der Waals surface area contributed by atoms with E-state index in [1.54, 1.807) is 4.90 Å². The molecule has 0 radical (unpaired) electrons. The van der Waals surface area contributed by atoms with E-state index >= 15 is 0 Å². The van der Waals surface area contributed by atoms with Gasteiger partial charge in [-0.3, -0.25) is 33.8 Å². The summed E-state index contributed by atoms with van der Waals surface area (Å²) in [4.78, 5) is 92.1. The zero-order chi connectivity index (χ0) is 37.5. The molecular weight excluding hydrogens is 650 g/mol. The van der Waals surface area contributed by atoms with Crippen LogP contribution in [0.1, 0.15) is 123 Å². The molecule has 282 valence electrons. The molecule has 2 aliphatic carbocycles. The van der Waals surface area contributed by atoms with Crippen LogP contribution in [0.2, 0.25) is 0 Å². The van der Waals surface area contributed by atoms with E-state index < -0.39 is 59.0 Å². The maximum atomic E-state index is 14.6. The predicted octanol–water partition coefficient (Wildman–Crippen LogP) is 3.33. The van der Waals surface area contributed by atoms with E-state index in [0.29, 0.717) is 13.0 Å². The zero-order valence-corrected chi connectivity index (χ0v) is 31.5. The molecule has 51 heavy (non-hydrogen) atoms. The maximum absolute atomic E-state index is 14.6. The van der Waals surface area contributed by atoms with Crippen molar-refractivity contribution >= 4 is 35.3 Å². The third-order valence-corrected chi connectivity index (χ3v) is 11.1. The molecule has 1 aliphatic heterocycles. The Balaban J connectivity index is 1.57. The number of Topliss-reactive ketones (excluding diaryl/α,β-unsaturated/α-hetero) is 1. The highest BCUT2D eigenvalue weighted by atomic mass is 16.2. The quantitative estimate of drug-likeness (QED) is 0.213. The van der Waals surface area contributed by atoms with Crippen LogP contribution in [0.4, 0.5) is 0 Å². The summed E-state index contributed by atoms with van der Waals surface area (Å²) in [6, 6.07) is -3.98. The Morgan fingerprint density at radius 1 is 0.882 bits per heavy atom. The van der Waals surface area contributed by atoms with Crippen molar-refractivity contribution < 1.29 is 28.8 Å². The molecule has 4 N–H and O–H groups in total. The maximum Gasteiger partial charge on any atom is 0.289 e. The standard InChI is InChI=1S/C38H59N7O6/c1-8-13-27(31(46)36(50)41-23(4)22(2)3)42-35(49)30-26-17-12-16-25(26)21-45(30)37(51)32(38(5,6)7)44-34(48)29(24-14-10-9-11-15-24)43-33(47)28-20-39-18-19-40-28/h18-20,22-27,29-30,32H,8-17,21H2,1-7H3,(H,41,50)(H,42,49)(H,43,47)(H,44,48)/t23-,25-,26-,27-,29-,30-,32+/m0/s1. The minimum absolute atomic E-state index is 0.0961. The number of carbonyl (C=O) groups is 6. The van der Waals surface area contributed by atoms with Gasteiger partial charge in [-0.15, -0.1) is 0 Å². The molecular formula is C38H59N7O6. The number of hydrogen-bond acceptors (Lipinski definition) is 8. The summed E-state index contributed by atoms with van der Waals surface area (Å²) in [5.41, 5.74) is -0.651. The van der Waals surface area contributed by atoms with Gasteiger partial charge in [0.25, 0.3) is 11.8 Å². The van der Waals surface area contributed by atoms with Gasteiger partial charge in [0.2, 0.25) is 23.5 Å². The van der Waals surface area contributed by atoms with E-state index in [-0.39, 0.29) is 47.7 Å². The van der Waals surface area contributed by atoms with Crippen LogP contribution in [0.3, 0.4) is 0 Å². The first-order valence-electron chi connectivity index (χ1n) is 19.0. The van der Waals surface area contributed by atoms with Gasteiger partial charge < -0.3 is 26.2 Å². The summed E-state index contributed by atoms with van der Waals surface area (Å²) < 4.78 is 0. The Hall–Kier alpha value is -3.90. The number of nitrogens with one attached hydrogen (secondary N) is 4. The van der Waals surface area contributed by atoms with Gasteiger partial charge in [0.15, 0.2) is 0 Å². The van der Waals surface area contributed by atoms with Crippen LogP contribution in [0.15, 0.2) is 18.6 Å². The number of nitrogens with zero attached hydrogens (tertiary/aromatic N) is 3. The monoisotopic (exact) mass is 709 g/mol. The van der Waals surface area contributed by atoms with Crippen LogP contribution in [-0.4, -0.2) is 86.9 Å². The molecule has 2 heterocycles. The molecule has 1 saturated heterocycles. The number of fused-ring (bicyclic) bond motifs is 1. The van der Waals surface area contributed by atoms with Crippen molar-refractivity contribution in [1.82, 2.24) is 36.1 Å². The van der Waals surface area contributed by atoms with Gasteiger partial charge in [-0.2, -0.15) is 0 Å². The van der Waals surface area contributed by atoms with Gasteiger partial charge in [-0.05, 0) is 68.1 Å². The number of amides is 5. The molecule has 4 rings (SSSR count). The molecule has 0 aromatic carbocycles. The van der Waals surface area contributed by atoms with E-state index in [0.717, 1.165) is 51.4 Å². The fourth-order valence-electron chi connectivity index (χ4n) is 7.83. The second-order valence-corrected chi connectivity index (χ2v) is 16.3. The van der Waals surface area contributed by atoms with Crippen LogP contribution < -0.4 is 21.3 Å². The van der Waals surface area contributed by atoms with Crippen LogP contribution in [-0.2, 0) is 24.0 Å². The molecule has 1 aromatic heterocycles. The highest BCUT2D eigenvalue weighted by Crippen LogP contribution is 2.43. The number of rotatable bonds is 14. The topological polar surface area (TPSA) is 180 Å². The summed E-state index contributed by atoms with van der Waals surface area (Å²) >= 11 is 0. The lowest BCUT2D eigenvalue weighted by Crippen LogP contribution is -2.62. The Bertz CT molecular complexity index is 1410. The third kappa shape index (κ3) is 9.91. The SMILES string of the molecule is CCC[C@H](NC(=O)[C@@H]1[C@H]2CCC[C@H]2CN1C(=O)[C@@H](NC(=O)[C@@H](NC(=O)c1cnccn1)C1CCCCC1)C(C)(C)C)C(=O)C(=O)N[C@@H](C)C(C)C. The van der Waals surface area contributed by atoms with Gasteiger partial charge >= 0.3 is 0 Å². The average Bonchev–Trinajstić information content (AvgIpc) is 3.70. The minimum atomic E-state index is -1.02. The summed E-state index contributed by atoms with van der Waals surface area (Å²) in [6.07, 6.45) is 12.1. The van der Waals surface area contributed by atoms with E-state index in [4.69, 9.17) is 0 Å². The molecule has 13 nitrogen and oxygen atoms in total. The second kappa shape index (κ2) is 17.5. The normalized spacial score (nSPS) is 23.1. The fraction of sp³-hybridized carbons (Fsp3) is 0.737. The molecule has 1 aromatic rings. The van der Waals surface area contributed by atoms with Crippen LogP contribution in [0, 0.1) is 29.1 Å². The number of carbonyl (C=O) groups excluding carboxylic acids is 6. The van der Waals surface area contributed by atoms with Crippen molar-refractivity contribution in [3.05, 3.63) is 24.3 Å². The van der Waals surface area contributed by atoms with Gasteiger partial charge in [0, 0.05) is 25.0 Å². The summed E-state index contributed by atoms with van der Waals surface area (Å²) in [6.45, 7) is 13.6. The van der Waals surface area contributed by atoms with Crippen LogP contribution in [0.5, 0.6) is 0 Å². The molecule has 0 spiro atoms. The van der Waals surface area contributed by atoms with Crippen LogP contribution in [0.25, 0.3) is 0 Å². The lowest BCUT2D eigenvalue weighted by molar-refractivity contribution is -0.146. The highest BCUT2D eigenvalue weighted by molar-refractivity contribution is 6.38. The first-order valence-corrected chi connectivity index (χ1v) is 19.0. The lowest BCUT2D eigenvalue weighted by atomic mass is 9.82. The lowest BCUT2D eigenvalue weighted by Gasteiger charge is -2.38.